The van der Waals surface area contributed by atoms with Gasteiger partial charge in [0.1, 0.15) is 0 Å². The number of hydrogen-bond donors (Lipinski definition) is 1. The number of nitrogens with two attached hydrogens (primary N) is 1. The van der Waals surface area contributed by atoms with E-state index in [0.717, 1.165) is 0 Å². The van der Waals surface area contributed by atoms with Crippen molar-refractivity contribution in [3.8, 4) is 0 Å². The molecule has 2 rings (SSSR count). The minimum Gasteiger partial charge on any atom is -0.327 e. The molecular formula is C16H25N. The molecule has 1 aromatic rings. The van der Waals surface area contributed by atoms with Gasteiger partial charge in [-0.2, -0.15) is 0 Å². The van der Waals surface area contributed by atoms with Crippen LogP contribution >= 0.6 is 0 Å². The molecule has 0 aromatic heterocycles. The Hall–Kier alpha value is -0.820. The lowest BCUT2D eigenvalue weighted by molar-refractivity contribution is 0.253. The lowest BCUT2D eigenvalue weighted by Gasteiger charge is -2.36. The Morgan fingerprint density at radius 3 is 2.59 bits per heavy atom. The third-order valence-corrected chi connectivity index (χ3v) is 4.22. The Morgan fingerprint density at radius 1 is 1.18 bits per heavy atom. The number of hydrogen-bond acceptors (Lipinski definition) is 1. The highest BCUT2D eigenvalue weighted by Crippen LogP contribution is 2.39. The van der Waals surface area contributed by atoms with Crippen LogP contribution in [0.5, 0.6) is 0 Å². The van der Waals surface area contributed by atoms with Gasteiger partial charge in [0.25, 0.3) is 0 Å². The van der Waals surface area contributed by atoms with E-state index >= 15 is 0 Å². The molecule has 94 valence electrons. The maximum atomic E-state index is 6.39. The van der Waals surface area contributed by atoms with Crippen LogP contribution in [-0.4, -0.2) is 6.04 Å². The van der Waals surface area contributed by atoms with Crippen LogP contribution in [0, 0.1) is 5.92 Å². The maximum Gasteiger partial charge on any atom is 0.00729 e. The molecule has 0 amide bonds. The van der Waals surface area contributed by atoms with Crippen LogP contribution in [-0.2, 0) is 0 Å². The largest absolute Gasteiger partial charge is 0.327 e. The van der Waals surface area contributed by atoms with Gasteiger partial charge < -0.3 is 5.73 Å². The standard InChI is InChI=1S/C16H25N/c1-2-8-16(17)15-12-7-6-11-14(15)13-9-4-3-5-10-13/h3-5,9-10,14-16H,2,6-8,11-12,17H2,1H3. The first-order valence-corrected chi connectivity index (χ1v) is 7.13. The minimum absolute atomic E-state index is 0.394. The van der Waals surface area contributed by atoms with Crippen molar-refractivity contribution in [3.63, 3.8) is 0 Å². The second-order valence-electron chi connectivity index (χ2n) is 5.42. The van der Waals surface area contributed by atoms with E-state index in [0.29, 0.717) is 17.9 Å². The zero-order valence-electron chi connectivity index (χ0n) is 10.9. The van der Waals surface area contributed by atoms with Gasteiger partial charge in [0, 0.05) is 6.04 Å². The summed E-state index contributed by atoms with van der Waals surface area (Å²) < 4.78 is 0. The zero-order valence-corrected chi connectivity index (χ0v) is 10.9. The molecule has 1 aliphatic carbocycles. The van der Waals surface area contributed by atoms with E-state index in [4.69, 9.17) is 5.73 Å². The summed E-state index contributed by atoms with van der Waals surface area (Å²) in [5, 5.41) is 0. The molecule has 0 heterocycles. The molecule has 0 saturated heterocycles. The fourth-order valence-corrected chi connectivity index (χ4v) is 3.33. The molecule has 1 saturated carbocycles. The molecule has 1 aromatic carbocycles. The molecule has 0 aliphatic heterocycles. The van der Waals surface area contributed by atoms with Gasteiger partial charge in [0.15, 0.2) is 0 Å². The van der Waals surface area contributed by atoms with E-state index < -0.39 is 0 Å². The predicted octanol–water partition coefficient (Wildman–Crippen LogP) is 4.09. The van der Waals surface area contributed by atoms with Crippen LogP contribution in [0.2, 0.25) is 0 Å². The van der Waals surface area contributed by atoms with Gasteiger partial charge >= 0.3 is 0 Å². The zero-order chi connectivity index (χ0) is 12.1. The smallest absolute Gasteiger partial charge is 0.00729 e. The predicted molar refractivity (Wildman–Crippen MR) is 74.0 cm³/mol. The van der Waals surface area contributed by atoms with Crippen molar-refractivity contribution in [1.82, 2.24) is 0 Å². The van der Waals surface area contributed by atoms with Crippen molar-refractivity contribution in [1.29, 1.82) is 0 Å². The minimum atomic E-state index is 0.394. The van der Waals surface area contributed by atoms with E-state index in [2.05, 4.69) is 37.3 Å². The molecule has 0 radical (unpaired) electrons. The van der Waals surface area contributed by atoms with Crippen LogP contribution in [0.4, 0.5) is 0 Å². The van der Waals surface area contributed by atoms with Crippen LogP contribution in [0.3, 0.4) is 0 Å². The highest BCUT2D eigenvalue weighted by atomic mass is 14.7. The van der Waals surface area contributed by atoms with E-state index in [9.17, 15) is 0 Å². The summed E-state index contributed by atoms with van der Waals surface area (Å²) in [6.07, 6.45) is 7.76. The van der Waals surface area contributed by atoms with Crippen LogP contribution in [0.1, 0.15) is 56.9 Å². The van der Waals surface area contributed by atoms with Crippen molar-refractivity contribution >= 4 is 0 Å². The average Bonchev–Trinajstić information content (AvgIpc) is 2.40. The molecule has 3 unspecified atom stereocenters. The van der Waals surface area contributed by atoms with Crippen molar-refractivity contribution in [2.75, 3.05) is 0 Å². The molecular weight excluding hydrogens is 206 g/mol. The summed E-state index contributed by atoms with van der Waals surface area (Å²) in [5.74, 6) is 1.40. The third kappa shape index (κ3) is 3.10. The Morgan fingerprint density at radius 2 is 1.88 bits per heavy atom. The Labute approximate surface area is 105 Å². The molecule has 0 spiro atoms. The second-order valence-corrected chi connectivity index (χ2v) is 5.42. The van der Waals surface area contributed by atoms with Gasteiger partial charge in [0.05, 0.1) is 0 Å². The van der Waals surface area contributed by atoms with Gasteiger partial charge in [-0.1, -0.05) is 56.5 Å². The fourth-order valence-electron chi connectivity index (χ4n) is 3.33. The SMILES string of the molecule is CCCC(N)C1CCCCC1c1ccccc1. The highest BCUT2D eigenvalue weighted by Gasteiger charge is 2.30. The quantitative estimate of drug-likeness (QED) is 0.830. The number of benzene rings is 1. The van der Waals surface area contributed by atoms with Gasteiger partial charge in [-0.25, -0.2) is 0 Å². The average molecular weight is 231 g/mol. The lowest BCUT2D eigenvalue weighted by Crippen LogP contribution is -2.36. The normalized spacial score (nSPS) is 26.7. The van der Waals surface area contributed by atoms with E-state index in [1.165, 1.54) is 44.1 Å². The summed E-state index contributed by atoms with van der Waals surface area (Å²) in [6, 6.07) is 11.4. The number of rotatable bonds is 4. The molecule has 1 aliphatic rings. The van der Waals surface area contributed by atoms with E-state index in [1.54, 1.807) is 0 Å². The first-order chi connectivity index (χ1) is 8.33. The maximum absolute atomic E-state index is 6.39. The van der Waals surface area contributed by atoms with Gasteiger partial charge in [-0.05, 0) is 36.7 Å². The van der Waals surface area contributed by atoms with Crippen LogP contribution in [0.15, 0.2) is 30.3 Å². The van der Waals surface area contributed by atoms with Gasteiger partial charge in [-0.3, -0.25) is 0 Å². The third-order valence-electron chi connectivity index (χ3n) is 4.22. The molecule has 3 atom stereocenters. The molecule has 17 heavy (non-hydrogen) atoms. The van der Waals surface area contributed by atoms with E-state index in [-0.39, 0.29) is 0 Å². The first-order valence-electron chi connectivity index (χ1n) is 7.13. The molecule has 1 nitrogen and oxygen atoms in total. The highest BCUT2D eigenvalue weighted by molar-refractivity contribution is 5.21. The molecule has 2 N–H and O–H groups in total. The molecule has 1 heteroatoms. The molecule has 1 fully saturated rings. The summed E-state index contributed by atoms with van der Waals surface area (Å²) in [5.41, 5.74) is 7.89. The second kappa shape index (κ2) is 6.20. The van der Waals surface area contributed by atoms with E-state index in [1.807, 2.05) is 0 Å². The van der Waals surface area contributed by atoms with Crippen molar-refractivity contribution in [2.45, 2.75) is 57.4 Å². The monoisotopic (exact) mass is 231 g/mol. The summed E-state index contributed by atoms with van der Waals surface area (Å²) in [7, 11) is 0. The lowest BCUT2D eigenvalue weighted by atomic mass is 9.71. The molecule has 0 bridgehead atoms. The van der Waals surface area contributed by atoms with Gasteiger partial charge in [0.2, 0.25) is 0 Å². The summed E-state index contributed by atoms with van der Waals surface area (Å²) in [4.78, 5) is 0. The van der Waals surface area contributed by atoms with Crippen LogP contribution < -0.4 is 5.73 Å². The Bertz CT molecular complexity index is 320. The Balaban J connectivity index is 2.12. The Kier molecular flexibility index (Phi) is 4.61. The van der Waals surface area contributed by atoms with Crippen molar-refractivity contribution < 1.29 is 0 Å². The topological polar surface area (TPSA) is 26.0 Å². The summed E-state index contributed by atoms with van der Waals surface area (Å²) >= 11 is 0. The van der Waals surface area contributed by atoms with Crippen molar-refractivity contribution in [2.24, 2.45) is 11.7 Å². The van der Waals surface area contributed by atoms with Crippen LogP contribution in [0.25, 0.3) is 0 Å². The first kappa shape index (κ1) is 12.6. The van der Waals surface area contributed by atoms with Gasteiger partial charge in [-0.15, -0.1) is 0 Å². The van der Waals surface area contributed by atoms with Crippen molar-refractivity contribution in [3.05, 3.63) is 35.9 Å². The fraction of sp³-hybridized carbons (Fsp3) is 0.625. The summed E-state index contributed by atoms with van der Waals surface area (Å²) in [6.45, 7) is 2.24.